The van der Waals surface area contributed by atoms with Gasteiger partial charge in [0.05, 0.1) is 0 Å². The summed E-state index contributed by atoms with van der Waals surface area (Å²) < 4.78 is 5.12. The van der Waals surface area contributed by atoms with Gasteiger partial charge in [-0.3, -0.25) is 0 Å². The quantitative estimate of drug-likeness (QED) is 0.648. The van der Waals surface area contributed by atoms with E-state index in [9.17, 15) is 4.79 Å². The number of alkyl carbamates (subject to hydrolysis) is 1. The van der Waals surface area contributed by atoms with Crippen molar-refractivity contribution < 1.29 is 9.53 Å². The van der Waals surface area contributed by atoms with Crippen molar-refractivity contribution >= 4 is 18.5 Å². The Morgan fingerprint density at radius 1 is 1.00 bits per heavy atom. The van der Waals surface area contributed by atoms with E-state index in [1.54, 1.807) is 0 Å². The van der Waals surface area contributed by atoms with Gasteiger partial charge in [-0.05, 0) is 24.9 Å². The lowest BCUT2D eigenvalue weighted by Gasteiger charge is -2.07. The van der Waals surface area contributed by atoms with E-state index in [-0.39, 0.29) is 18.5 Å². The third kappa shape index (κ3) is 11.1. The summed E-state index contributed by atoms with van der Waals surface area (Å²) >= 11 is 0. The maximum absolute atomic E-state index is 11.4. The van der Waals surface area contributed by atoms with Gasteiger partial charge >= 0.3 is 6.09 Å². The fraction of sp³-hybridized carbons (Fsp3) is 0.562. The fourth-order valence-electron chi connectivity index (χ4n) is 1.94. The summed E-state index contributed by atoms with van der Waals surface area (Å²) in [6.07, 6.45) is 6.58. The van der Waals surface area contributed by atoms with Crippen LogP contribution in [0.1, 0.15) is 44.1 Å². The summed E-state index contributed by atoms with van der Waals surface area (Å²) in [7, 11) is 0. The third-order valence-electron chi connectivity index (χ3n) is 3.11. The van der Waals surface area contributed by atoms with Crippen molar-refractivity contribution in [3.63, 3.8) is 0 Å². The molecule has 0 unspecified atom stereocenters. The molecule has 1 aromatic rings. The molecule has 0 spiro atoms. The van der Waals surface area contributed by atoms with Crippen LogP contribution in [0.15, 0.2) is 30.3 Å². The Bertz CT molecular complexity index is 361. The number of rotatable bonds is 10. The van der Waals surface area contributed by atoms with Gasteiger partial charge in [0.15, 0.2) is 0 Å². The summed E-state index contributed by atoms with van der Waals surface area (Å²) in [4.78, 5) is 11.4. The van der Waals surface area contributed by atoms with Crippen molar-refractivity contribution in [2.45, 2.75) is 45.1 Å². The Morgan fingerprint density at radius 2 is 1.62 bits per heavy atom. The second kappa shape index (κ2) is 13.7. The van der Waals surface area contributed by atoms with Crippen LogP contribution in [-0.4, -0.2) is 19.2 Å². The molecule has 4 nitrogen and oxygen atoms in total. The molecule has 0 aliphatic carbocycles. The summed E-state index contributed by atoms with van der Waals surface area (Å²) in [5.74, 6) is 0. The molecular formula is C16H27ClN2O2. The SMILES string of the molecule is Cl.NCCCCCCCCNC(=O)OCc1ccccc1. The first kappa shape index (κ1) is 19.7. The second-order valence-corrected chi connectivity index (χ2v) is 4.90. The molecule has 0 aromatic heterocycles. The number of carbonyl (C=O) groups excluding carboxylic acids is 1. The zero-order chi connectivity index (χ0) is 14.5. The van der Waals surface area contributed by atoms with E-state index in [1.165, 1.54) is 19.3 Å². The summed E-state index contributed by atoms with van der Waals surface area (Å²) in [6, 6.07) is 9.68. The minimum absolute atomic E-state index is 0. The first-order chi connectivity index (χ1) is 9.83. The zero-order valence-corrected chi connectivity index (χ0v) is 13.4. The van der Waals surface area contributed by atoms with Crippen molar-refractivity contribution in [1.29, 1.82) is 0 Å². The van der Waals surface area contributed by atoms with Crippen molar-refractivity contribution in [2.75, 3.05) is 13.1 Å². The molecule has 0 radical (unpaired) electrons. The first-order valence-corrected chi connectivity index (χ1v) is 7.47. The average molecular weight is 315 g/mol. The molecule has 5 heteroatoms. The molecule has 1 amide bonds. The van der Waals surface area contributed by atoms with Gasteiger partial charge < -0.3 is 15.8 Å². The number of benzene rings is 1. The van der Waals surface area contributed by atoms with Gasteiger partial charge in [0.2, 0.25) is 0 Å². The summed E-state index contributed by atoms with van der Waals surface area (Å²) in [5.41, 5.74) is 6.44. The molecule has 120 valence electrons. The molecule has 1 rings (SSSR count). The molecule has 0 aliphatic rings. The maximum Gasteiger partial charge on any atom is 0.407 e. The molecule has 0 saturated carbocycles. The van der Waals surface area contributed by atoms with Crippen molar-refractivity contribution in [3.8, 4) is 0 Å². The van der Waals surface area contributed by atoms with Crippen LogP contribution in [0.3, 0.4) is 0 Å². The number of carbonyl (C=O) groups is 1. The van der Waals surface area contributed by atoms with Crippen LogP contribution in [0.2, 0.25) is 0 Å². The maximum atomic E-state index is 11.4. The van der Waals surface area contributed by atoms with Crippen molar-refractivity contribution in [1.82, 2.24) is 5.32 Å². The molecule has 3 N–H and O–H groups in total. The predicted octanol–water partition coefficient (Wildman–Crippen LogP) is 3.63. The first-order valence-electron chi connectivity index (χ1n) is 7.47. The van der Waals surface area contributed by atoms with Crippen LogP contribution in [-0.2, 0) is 11.3 Å². The van der Waals surface area contributed by atoms with Gasteiger partial charge in [0.1, 0.15) is 6.61 Å². The normalized spacial score (nSPS) is 9.76. The van der Waals surface area contributed by atoms with Crippen LogP contribution in [0.25, 0.3) is 0 Å². The third-order valence-corrected chi connectivity index (χ3v) is 3.11. The predicted molar refractivity (Wildman–Crippen MR) is 88.6 cm³/mol. The highest BCUT2D eigenvalue weighted by molar-refractivity contribution is 5.85. The van der Waals surface area contributed by atoms with E-state index in [2.05, 4.69) is 5.32 Å². The number of halogens is 1. The highest BCUT2D eigenvalue weighted by atomic mass is 35.5. The summed E-state index contributed by atoms with van der Waals surface area (Å²) in [6.45, 7) is 1.80. The topological polar surface area (TPSA) is 64.3 Å². The van der Waals surface area contributed by atoms with Gasteiger partial charge in [-0.15, -0.1) is 12.4 Å². The van der Waals surface area contributed by atoms with E-state index in [4.69, 9.17) is 10.5 Å². The lowest BCUT2D eigenvalue weighted by Crippen LogP contribution is -2.25. The van der Waals surface area contributed by atoms with E-state index in [0.29, 0.717) is 13.2 Å². The zero-order valence-electron chi connectivity index (χ0n) is 12.6. The number of ether oxygens (including phenoxy) is 1. The number of hydrogen-bond acceptors (Lipinski definition) is 3. The number of nitrogens with one attached hydrogen (secondary N) is 1. The van der Waals surface area contributed by atoms with Crippen LogP contribution in [0, 0.1) is 0 Å². The Labute approximate surface area is 133 Å². The highest BCUT2D eigenvalue weighted by Gasteiger charge is 2.01. The smallest absolute Gasteiger partial charge is 0.407 e. The average Bonchev–Trinajstić information content (AvgIpc) is 2.49. The molecule has 0 saturated heterocycles. The molecule has 0 heterocycles. The summed E-state index contributed by atoms with van der Waals surface area (Å²) in [5, 5.41) is 2.77. The number of nitrogens with two attached hydrogens (primary N) is 1. The van der Waals surface area contributed by atoms with Crippen molar-refractivity contribution in [2.24, 2.45) is 5.73 Å². The molecule has 0 fully saturated rings. The van der Waals surface area contributed by atoms with E-state index in [0.717, 1.165) is 31.4 Å². The molecular weight excluding hydrogens is 288 g/mol. The van der Waals surface area contributed by atoms with Crippen LogP contribution in [0.4, 0.5) is 4.79 Å². The van der Waals surface area contributed by atoms with E-state index >= 15 is 0 Å². The monoisotopic (exact) mass is 314 g/mol. The molecule has 0 atom stereocenters. The Hall–Kier alpha value is -1.26. The van der Waals surface area contributed by atoms with Crippen LogP contribution in [0.5, 0.6) is 0 Å². The number of hydrogen-bond donors (Lipinski definition) is 2. The highest BCUT2D eigenvalue weighted by Crippen LogP contribution is 2.04. The lowest BCUT2D eigenvalue weighted by molar-refractivity contribution is 0.139. The minimum Gasteiger partial charge on any atom is -0.445 e. The second-order valence-electron chi connectivity index (χ2n) is 4.90. The van der Waals surface area contributed by atoms with Gasteiger partial charge in [-0.2, -0.15) is 0 Å². The molecule has 1 aromatic carbocycles. The number of amides is 1. The Morgan fingerprint density at radius 3 is 2.29 bits per heavy atom. The van der Waals surface area contributed by atoms with Gasteiger partial charge in [-0.25, -0.2) is 4.79 Å². The molecule has 21 heavy (non-hydrogen) atoms. The lowest BCUT2D eigenvalue weighted by atomic mass is 10.1. The van der Waals surface area contributed by atoms with Crippen LogP contribution < -0.4 is 11.1 Å². The van der Waals surface area contributed by atoms with E-state index in [1.807, 2.05) is 30.3 Å². The molecule has 0 aliphatic heterocycles. The van der Waals surface area contributed by atoms with Crippen LogP contribution >= 0.6 is 12.4 Å². The molecule has 0 bridgehead atoms. The fourth-order valence-corrected chi connectivity index (χ4v) is 1.94. The standard InChI is InChI=1S/C16H26N2O2.ClH/c17-12-8-3-1-2-4-9-13-18-16(19)20-14-15-10-6-5-7-11-15;/h5-7,10-11H,1-4,8-9,12-14,17H2,(H,18,19);1H. The Balaban J connectivity index is 0.00000400. The van der Waals surface area contributed by atoms with Gasteiger partial charge in [0.25, 0.3) is 0 Å². The minimum atomic E-state index is -0.336. The van der Waals surface area contributed by atoms with Gasteiger partial charge in [-0.1, -0.05) is 56.0 Å². The number of unbranched alkanes of at least 4 members (excludes halogenated alkanes) is 5. The van der Waals surface area contributed by atoms with E-state index < -0.39 is 0 Å². The Kier molecular flexibility index (Phi) is 12.9. The van der Waals surface area contributed by atoms with Gasteiger partial charge in [0, 0.05) is 6.54 Å². The largest absolute Gasteiger partial charge is 0.445 e. The van der Waals surface area contributed by atoms with Crippen molar-refractivity contribution in [3.05, 3.63) is 35.9 Å².